The van der Waals surface area contributed by atoms with Crippen molar-refractivity contribution in [3.63, 3.8) is 0 Å². The first-order valence-corrected chi connectivity index (χ1v) is 7.41. The number of hydrogen-bond donors (Lipinski definition) is 2. The summed E-state index contributed by atoms with van der Waals surface area (Å²) >= 11 is 0. The topological polar surface area (TPSA) is 40.5 Å². The van der Waals surface area contributed by atoms with Gasteiger partial charge in [0, 0.05) is 5.56 Å². The molecule has 0 spiro atoms. The lowest BCUT2D eigenvalue weighted by molar-refractivity contribution is 0.414. The molecular weight excluding hydrogens is 236 g/mol. The first-order chi connectivity index (χ1) is 8.90. The number of aryl methyl sites for hydroxylation is 1. The molecule has 2 nitrogen and oxygen atoms in total. The van der Waals surface area contributed by atoms with Crippen LogP contribution in [0.1, 0.15) is 57.6 Å². The predicted octanol–water partition coefficient (Wildman–Crippen LogP) is 4.80. The molecule has 0 radical (unpaired) electrons. The number of aromatic hydroxyl groups is 2. The Labute approximate surface area is 117 Å². The lowest BCUT2D eigenvalue weighted by atomic mass is 9.93. The minimum atomic E-state index is 0.229. The average Bonchev–Trinajstić information content (AvgIpc) is 2.26. The second kappa shape index (κ2) is 7.42. The van der Waals surface area contributed by atoms with Gasteiger partial charge in [-0.05, 0) is 49.3 Å². The molecule has 0 aliphatic carbocycles. The smallest absolute Gasteiger partial charge is 0.122 e. The molecule has 19 heavy (non-hydrogen) atoms. The molecule has 1 aromatic carbocycles. The molecule has 0 heterocycles. The van der Waals surface area contributed by atoms with Gasteiger partial charge in [-0.25, -0.2) is 0 Å². The van der Waals surface area contributed by atoms with Crippen molar-refractivity contribution < 1.29 is 10.2 Å². The predicted molar refractivity (Wildman–Crippen MR) is 80.7 cm³/mol. The number of rotatable bonds is 7. The van der Waals surface area contributed by atoms with E-state index in [0.717, 1.165) is 24.3 Å². The third-order valence-corrected chi connectivity index (χ3v) is 3.71. The van der Waals surface area contributed by atoms with Gasteiger partial charge in [-0.1, -0.05) is 40.0 Å². The van der Waals surface area contributed by atoms with Crippen LogP contribution in [-0.2, 0) is 6.42 Å². The van der Waals surface area contributed by atoms with Gasteiger partial charge in [0.05, 0.1) is 0 Å². The molecule has 0 saturated carbocycles. The lowest BCUT2D eigenvalue weighted by Crippen LogP contribution is -1.99. The first kappa shape index (κ1) is 15.9. The van der Waals surface area contributed by atoms with Gasteiger partial charge >= 0.3 is 0 Å². The van der Waals surface area contributed by atoms with Crippen molar-refractivity contribution in [3.05, 3.63) is 23.3 Å². The van der Waals surface area contributed by atoms with Crippen molar-refractivity contribution in [3.8, 4) is 11.5 Å². The fourth-order valence-corrected chi connectivity index (χ4v) is 2.44. The van der Waals surface area contributed by atoms with Gasteiger partial charge in [-0.15, -0.1) is 0 Å². The van der Waals surface area contributed by atoms with Crippen molar-refractivity contribution in [2.45, 2.75) is 59.8 Å². The summed E-state index contributed by atoms with van der Waals surface area (Å²) in [6.45, 7) is 8.64. The van der Waals surface area contributed by atoms with Gasteiger partial charge in [-0.3, -0.25) is 0 Å². The van der Waals surface area contributed by atoms with Crippen molar-refractivity contribution >= 4 is 0 Å². The average molecular weight is 264 g/mol. The Balaban J connectivity index is 2.44. The molecule has 0 bridgehead atoms. The van der Waals surface area contributed by atoms with Crippen LogP contribution in [0.4, 0.5) is 0 Å². The largest absolute Gasteiger partial charge is 0.508 e. The first-order valence-electron chi connectivity index (χ1n) is 7.41. The molecule has 2 heteroatoms. The van der Waals surface area contributed by atoms with Gasteiger partial charge in [0.2, 0.25) is 0 Å². The van der Waals surface area contributed by atoms with E-state index in [9.17, 15) is 10.2 Å². The Kier molecular flexibility index (Phi) is 6.20. The summed E-state index contributed by atoms with van der Waals surface area (Å²) in [5.74, 6) is 1.87. The van der Waals surface area contributed by atoms with Gasteiger partial charge < -0.3 is 10.2 Å². The molecule has 0 aliphatic rings. The summed E-state index contributed by atoms with van der Waals surface area (Å²) in [6.07, 6.45) is 5.55. The van der Waals surface area contributed by atoms with Crippen LogP contribution in [0.3, 0.4) is 0 Å². The van der Waals surface area contributed by atoms with Crippen LogP contribution in [-0.4, -0.2) is 10.2 Å². The van der Waals surface area contributed by atoms with E-state index in [-0.39, 0.29) is 11.5 Å². The standard InChI is InChI=1S/C17H28O2/c1-12(2)6-5-7-13(3)8-9-15-16(18)10-14(4)11-17(15)19/h10-13,18-19H,5-9H2,1-4H3. The van der Waals surface area contributed by atoms with Crippen LogP contribution >= 0.6 is 0 Å². The van der Waals surface area contributed by atoms with Crippen molar-refractivity contribution in [2.24, 2.45) is 11.8 Å². The molecule has 1 atom stereocenters. The quantitative estimate of drug-likeness (QED) is 0.742. The van der Waals surface area contributed by atoms with E-state index >= 15 is 0 Å². The molecule has 1 unspecified atom stereocenters. The minimum Gasteiger partial charge on any atom is -0.508 e. The Morgan fingerprint density at radius 1 is 0.947 bits per heavy atom. The summed E-state index contributed by atoms with van der Waals surface area (Å²) < 4.78 is 0. The molecule has 2 N–H and O–H groups in total. The zero-order valence-corrected chi connectivity index (χ0v) is 12.7. The van der Waals surface area contributed by atoms with E-state index in [1.165, 1.54) is 19.3 Å². The molecule has 0 aliphatic heterocycles. The number of hydrogen-bond acceptors (Lipinski definition) is 2. The highest BCUT2D eigenvalue weighted by molar-refractivity contribution is 5.46. The highest BCUT2D eigenvalue weighted by Crippen LogP contribution is 2.31. The SMILES string of the molecule is Cc1cc(O)c(CCC(C)CCCC(C)C)c(O)c1. The second-order valence-corrected chi connectivity index (χ2v) is 6.25. The van der Waals surface area contributed by atoms with Gasteiger partial charge in [-0.2, -0.15) is 0 Å². The summed E-state index contributed by atoms with van der Waals surface area (Å²) in [5, 5.41) is 19.7. The molecule has 0 amide bonds. The van der Waals surface area contributed by atoms with E-state index in [1.54, 1.807) is 12.1 Å². The second-order valence-electron chi connectivity index (χ2n) is 6.25. The molecular formula is C17H28O2. The van der Waals surface area contributed by atoms with Crippen LogP contribution in [0, 0.1) is 18.8 Å². The zero-order valence-electron chi connectivity index (χ0n) is 12.7. The van der Waals surface area contributed by atoms with E-state index in [2.05, 4.69) is 20.8 Å². The van der Waals surface area contributed by atoms with E-state index in [4.69, 9.17) is 0 Å². The van der Waals surface area contributed by atoms with E-state index in [0.29, 0.717) is 11.5 Å². The van der Waals surface area contributed by atoms with Crippen LogP contribution in [0.2, 0.25) is 0 Å². The highest BCUT2D eigenvalue weighted by Gasteiger charge is 2.11. The third kappa shape index (κ3) is 5.54. The molecule has 1 rings (SSSR count). The van der Waals surface area contributed by atoms with Crippen molar-refractivity contribution in [1.82, 2.24) is 0 Å². The number of benzene rings is 1. The summed E-state index contributed by atoms with van der Waals surface area (Å²) in [4.78, 5) is 0. The van der Waals surface area contributed by atoms with Crippen LogP contribution in [0.25, 0.3) is 0 Å². The number of phenols is 2. The normalized spacial score (nSPS) is 12.9. The maximum absolute atomic E-state index is 9.87. The Bertz CT molecular complexity index is 373. The fourth-order valence-electron chi connectivity index (χ4n) is 2.44. The molecule has 0 aromatic heterocycles. The van der Waals surface area contributed by atoms with E-state index in [1.807, 2.05) is 6.92 Å². The van der Waals surface area contributed by atoms with Crippen LogP contribution < -0.4 is 0 Å². The zero-order chi connectivity index (χ0) is 14.4. The Hall–Kier alpha value is -1.18. The Morgan fingerprint density at radius 3 is 2.05 bits per heavy atom. The minimum absolute atomic E-state index is 0.229. The third-order valence-electron chi connectivity index (χ3n) is 3.71. The summed E-state index contributed by atoms with van der Waals surface area (Å²) in [6, 6.07) is 3.44. The van der Waals surface area contributed by atoms with Crippen molar-refractivity contribution in [1.29, 1.82) is 0 Å². The van der Waals surface area contributed by atoms with E-state index < -0.39 is 0 Å². The molecule has 0 fully saturated rings. The monoisotopic (exact) mass is 264 g/mol. The summed E-state index contributed by atoms with van der Waals surface area (Å²) in [5.41, 5.74) is 1.59. The number of phenolic OH excluding ortho intramolecular Hbond substituents is 2. The lowest BCUT2D eigenvalue weighted by Gasteiger charge is -2.14. The van der Waals surface area contributed by atoms with Crippen LogP contribution in [0.15, 0.2) is 12.1 Å². The molecule has 0 saturated heterocycles. The Morgan fingerprint density at radius 2 is 1.53 bits per heavy atom. The maximum Gasteiger partial charge on any atom is 0.122 e. The highest BCUT2D eigenvalue weighted by atomic mass is 16.3. The van der Waals surface area contributed by atoms with Crippen LogP contribution in [0.5, 0.6) is 11.5 Å². The van der Waals surface area contributed by atoms with Gasteiger partial charge in [0.15, 0.2) is 0 Å². The van der Waals surface area contributed by atoms with Gasteiger partial charge in [0.1, 0.15) is 11.5 Å². The maximum atomic E-state index is 9.87. The molecule has 108 valence electrons. The summed E-state index contributed by atoms with van der Waals surface area (Å²) in [7, 11) is 0. The van der Waals surface area contributed by atoms with Crippen molar-refractivity contribution in [2.75, 3.05) is 0 Å². The van der Waals surface area contributed by atoms with Gasteiger partial charge in [0.25, 0.3) is 0 Å². The fraction of sp³-hybridized carbons (Fsp3) is 0.647. The molecule has 1 aromatic rings.